The molecule has 0 bridgehead atoms. The predicted octanol–water partition coefficient (Wildman–Crippen LogP) is 6.25. The third-order valence-corrected chi connectivity index (χ3v) is 7.97. The highest BCUT2D eigenvalue weighted by Crippen LogP contribution is 2.46. The SMILES string of the molecule is Cl.O=C(Nc1sc2c(c1-c1nc3ccccc3s1)CCN(Cc1ccccc1)C2)c1ccno1. The molecule has 1 N–H and O–H groups in total. The number of carbonyl (C=O) groups is 1. The van der Waals surface area contributed by atoms with Crippen LogP contribution in [0, 0.1) is 0 Å². The lowest BCUT2D eigenvalue weighted by Crippen LogP contribution is -2.29. The Morgan fingerprint density at radius 1 is 1.06 bits per heavy atom. The van der Waals surface area contributed by atoms with Crippen LogP contribution >= 0.6 is 35.1 Å². The highest BCUT2D eigenvalue weighted by molar-refractivity contribution is 7.23. The molecule has 0 fully saturated rings. The first-order chi connectivity index (χ1) is 16.2. The van der Waals surface area contributed by atoms with Crippen molar-refractivity contribution in [3.63, 3.8) is 0 Å². The van der Waals surface area contributed by atoms with Gasteiger partial charge in [0.25, 0.3) is 5.91 Å². The van der Waals surface area contributed by atoms with Crippen LogP contribution in [0.3, 0.4) is 0 Å². The fraction of sp³-hybridized carbons (Fsp3) is 0.160. The first-order valence-electron chi connectivity index (χ1n) is 10.7. The number of rotatable bonds is 5. The lowest BCUT2D eigenvalue weighted by Gasteiger charge is -2.27. The summed E-state index contributed by atoms with van der Waals surface area (Å²) in [5.41, 5.74) is 4.62. The van der Waals surface area contributed by atoms with Gasteiger partial charge in [-0.05, 0) is 29.7 Å². The molecule has 6 nitrogen and oxygen atoms in total. The van der Waals surface area contributed by atoms with Crippen LogP contribution in [-0.4, -0.2) is 27.5 Å². The molecule has 0 unspecified atom stereocenters. The summed E-state index contributed by atoms with van der Waals surface area (Å²) in [5, 5.41) is 8.50. The second-order valence-corrected chi connectivity index (χ2v) is 10.1. The number of nitrogens with one attached hydrogen (secondary N) is 1. The van der Waals surface area contributed by atoms with Crippen molar-refractivity contribution < 1.29 is 9.32 Å². The number of benzene rings is 2. The van der Waals surface area contributed by atoms with Crippen molar-refractivity contribution in [1.29, 1.82) is 0 Å². The van der Waals surface area contributed by atoms with Crippen molar-refractivity contribution in [2.45, 2.75) is 19.5 Å². The molecule has 5 aromatic rings. The Hall–Kier alpha value is -3.04. The van der Waals surface area contributed by atoms with Crippen LogP contribution < -0.4 is 5.32 Å². The first-order valence-corrected chi connectivity index (χ1v) is 12.4. The molecule has 0 saturated heterocycles. The van der Waals surface area contributed by atoms with Gasteiger partial charge in [-0.2, -0.15) is 0 Å². The maximum atomic E-state index is 12.8. The van der Waals surface area contributed by atoms with Gasteiger partial charge in [0.1, 0.15) is 10.0 Å². The zero-order valence-corrected chi connectivity index (χ0v) is 20.5. The molecule has 0 saturated carbocycles. The van der Waals surface area contributed by atoms with E-state index in [-0.39, 0.29) is 24.1 Å². The number of hydrogen-bond acceptors (Lipinski definition) is 7. The minimum Gasteiger partial charge on any atom is -0.351 e. The van der Waals surface area contributed by atoms with E-state index in [9.17, 15) is 4.79 Å². The minimum atomic E-state index is -0.297. The molecular formula is C25H21ClN4O2S2. The van der Waals surface area contributed by atoms with Gasteiger partial charge in [0.2, 0.25) is 5.76 Å². The number of halogens is 1. The van der Waals surface area contributed by atoms with E-state index >= 15 is 0 Å². The Balaban J connectivity index is 0.00000241. The van der Waals surface area contributed by atoms with Gasteiger partial charge in [0.05, 0.1) is 16.4 Å². The van der Waals surface area contributed by atoms with E-state index in [1.165, 1.54) is 22.2 Å². The molecule has 1 amide bonds. The van der Waals surface area contributed by atoms with Crippen LogP contribution in [0.25, 0.3) is 20.8 Å². The molecule has 9 heteroatoms. The van der Waals surface area contributed by atoms with E-state index in [4.69, 9.17) is 9.51 Å². The normalized spacial score (nSPS) is 13.4. The highest BCUT2D eigenvalue weighted by atomic mass is 35.5. The van der Waals surface area contributed by atoms with E-state index in [1.807, 2.05) is 24.3 Å². The molecule has 0 radical (unpaired) electrons. The molecule has 34 heavy (non-hydrogen) atoms. The maximum Gasteiger partial charge on any atom is 0.294 e. The fourth-order valence-electron chi connectivity index (χ4n) is 4.22. The Bertz CT molecular complexity index is 1400. The third kappa shape index (κ3) is 4.37. The Labute approximate surface area is 210 Å². The highest BCUT2D eigenvalue weighted by Gasteiger charge is 2.28. The van der Waals surface area contributed by atoms with Crippen molar-refractivity contribution in [3.05, 3.63) is 88.6 Å². The summed E-state index contributed by atoms with van der Waals surface area (Å²) in [6, 6.07) is 20.3. The second-order valence-electron chi connectivity index (χ2n) is 7.97. The monoisotopic (exact) mass is 508 g/mol. The van der Waals surface area contributed by atoms with Gasteiger partial charge in [-0.15, -0.1) is 35.1 Å². The van der Waals surface area contributed by atoms with Gasteiger partial charge in [-0.1, -0.05) is 47.6 Å². The number of thiophene rings is 1. The van der Waals surface area contributed by atoms with E-state index in [2.05, 4.69) is 45.7 Å². The van der Waals surface area contributed by atoms with Crippen LogP contribution in [0.1, 0.15) is 26.6 Å². The van der Waals surface area contributed by atoms with Gasteiger partial charge >= 0.3 is 0 Å². The van der Waals surface area contributed by atoms with Crippen LogP contribution in [0.5, 0.6) is 0 Å². The molecular weight excluding hydrogens is 488 g/mol. The van der Waals surface area contributed by atoms with Gasteiger partial charge < -0.3 is 9.84 Å². The number of aromatic nitrogens is 2. The molecule has 2 aromatic carbocycles. The molecule has 0 atom stereocenters. The molecule has 0 aliphatic carbocycles. The van der Waals surface area contributed by atoms with Crippen LogP contribution in [0.2, 0.25) is 0 Å². The molecule has 6 rings (SSSR count). The average molecular weight is 509 g/mol. The zero-order chi connectivity index (χ0) is 22.2. The van der Waals surface area contributed by atoms with E-state index in [0.29, 0.717) is 0 Å². The summed E-state index contributed by atoms with van der Waals surface area (Å²) in [5.74, 6) is -0.100. The Kier molecular flexibility index (Phi) is 6.47. The van der Waals surface area contributed by atoms with Gasteiger partial charge in [0, 0.05) is 36.1 Å². The summed E-state index contributed by atoms with van der Waals surface area (Å²) in [4.78, 5) is 21.4. The molecule has 0 spiro atoms. The van der Waals surface area contributed by atoms with E-state index < -0.39 is 0 Å². The average Bonchev–Trinajstić information content (AvgIpc) is 3.57. The van der Waals surface area contributed by atoms with Crippen molar-refractivity contribution in [3.8, 4) is 10.6 Å². The fourth-order valence-corrected chi connectivity index (χ4v) is 6.62. The van der Waals surface area contributed by atoms with E-state index in [0.717, 1.165) is 51.8 Å². The molecule has 172 valence electrons. The lowest BCUT2D eigenvalue weighted by atomic mass is 10.0. The number of carbonyl (C=O) groups excluding carboxylic acids is 1. The van der Waals surface area contributed by atoms with E-state index in [1.54, 1.807) is 28.7 Å². The number of anilines is 1. The largest absolute Gasteiger partial charge is 0.351 e. The Morgan fingerprint density at radius 2 is 1.88 bits per heavy atom. The van der Waals surface area contributed by atoms with Gasteiger partial charge in [-0.25, -0.2) is 4.98 Å². The summed E-state index contributed by atoms with van der Waals surface area (Å²) < 4.78 is 6.21. The van der Waals surface area contributed by atoms with Crippen molar-refractivity contribution in [2.24, 2.45) is 0 Å². The van der Waals surface area contributed by atoms with Crippen molar-refractivity contribution in [2.75, 3.05) is 11.9 Å². The predicted molar refractivity (Wildman–Crippen MR) is 139 cm³/mol. The number of nitrogens with zero attached hydrogens (tertiary/aromatic N) is 3. The third-order valence-electron chi connectivity index (χ3n) is 5.78. The number of amides is 1. The van der Waals surface area contributed by atoms with Crippen LogP contribution in [0.4, 0.5) is 5.00 Å². The molecule has 3 aromatic heterocycles. The quantitative estimate of drug-likeness (QED) is 0.304. The van der Waals surface area contributed by atoms with Crippen LogP contribution in [-0.2, 0) is 19.5 Å². The summed E-state index contributed by atoms with van der Waals surface area (Å²) in [6.07, 6.45) is 2.40. The Morgan fingerprint density at radius 3 is 2.68 bits per heavy atom. The zero-order valence-electron chi connectivity index (χ0n) is 18.1. The molecule has 1 aliphatic rings. The summed E-state index contributed by atoms with van der Waals surface area (Å²) in [6.45, 7) is 2.73. The number of para-hydroxylation sites is 1. The van der Waals surface area contributed by atoms with Crippen molar-refractivity contribution in [1.82, 2.24) is 15.0 Å². The molecule has 4 heterocycles. The number of fused-ring (bicyclic) bond motifs is 2. The lowest BCUT2D eigenvalue weighted by molar-refractivity contribution is 0.0988. The maximum absolute atomic E-state index is 12.8. The van der Waals surface area contributed by atoms with Gasteiger partial charge in [-0.3, -0.25) is 9.69 Å². The number of thiazole rings is 1. The molecule has 1 aliphatic heterocycles. The topological polar surface area (TPSA) is 71.3 Å². The summed E-state index contributed by atoms with van der Waals surface area (Å²) >= 11 is 3.30. The second kappa shape index (κ2) is 9.68. The first kappa shape index (κ1) is 22.7. The van der Waals surface area contributed by atoms with Gasteiger partial charge in [0.15, 0.2) is 0 Å². The summed E-state index contributed by atoms with van der Waals surface area (Å²) in [7, 11) is 0. The smallest absolute Gasteiger partial charge is 0.294 e. The number of hydrogen-bond donors (Lipinski definition) is 1. The standard InChI is InChI=1S/C25H20N4O2S2.ClH/c30-23(19-10-12-26-31-19)28-25-22(24-27-18-8-4-5-9-20(18)32-24)17-11-13-29(15-21(17)33-25)14-16-6-2-1-3-7-16;/h1-10,12H,11,13-15H2,(H,28,30);1H. The minimum absolute atomic E-state index is 0. The van der Waals surface area contributed by atoms with Crippen LogP contribution in [0.15, 0.2) is 71.4 Å². The van der Waals surface area contributed by atoms with Crippen molar-refractivity contribution >= 4 is 56.2 Å².